The van der Waals surface area contributed by atoms with E-state index in [1.165, 1.54) is 0 Å². The summed E-state index contributed by atoms with van der Waals surface area (Å²) in [5, 5.41) is 7.64. The monoisotopic (exact) mass is 370 g/mol. The molecular formula is C19H15ClN2O2S. The van der Waals surface area contributed by atoms with Gasteiger partial charge >= 0.3 is 0 Å². The van der Waals surface area contributed by atoms with Crippen LogP contribution in [-0.4, -0.2) is 23.5 Å². The van der Waals surface area contributed by atoms with Crippen LogP contribution in [0.4, 0.5) is 0 Å². The van der Waals surface area contributed by atoms with Crippen molar-refractivity contribution in [2.24, 2.45) is 0 Å². The van der Waals surface area contributed by atoms with Gasteiger partial charge in [0.1, 0.15) is 11.9 Å². The highest BCUT2D eigenvalue weighted by molar-refractivity contribution is 7.08. The van der Waals surface area contributed by atoms with Crippen molar-refractivity contribution in [1.29, 1.82) is 0 Å². The van der Waals surface area contributed by atoms with Crippen LogP contribution in [0.1, 0.15) is 15.9 Å². The molecule has 6 heteroatoms. The minimum Gasteiger partial charge on any atom is -0.486 e. The lowest BCUT2D eigenvalue weighted by atomic mass is 10.0. The van der Waals surface area contributed by atoms with E-state index in [0.29, 0.717) is 17.1 Å². The summed E-state index contributed by atoms with van der Waals surface area (Å²) in [6.45, 7) is 0.423. The molecular weight excluding hydrogens is 356 g/mol. The summed E-state index contributed by atoms with van der Waals surface area (Å²) in [5.74, 6) is 0.569. The van der Waals surface area contributed by atoms with E-state index in [4.69, 9.17) is 16.3 Å². The van der Waals surface area contributed by atoms with Crippen molar-refractivity contribution in [1.82, 2.24) is 10.3 Å². The third-order valence-electron chi connectivity index (χ3n) is 4.12. The number of halogens is 1. The van der Waals surface area contributed by atoms with Crippen molar-refractivity contribution >= 4 is 28.8 Å². The number of carbonyl (C=O) groups is 1. The lowest BCUT2D eigenvalue weighted by molar-refractivity contribution is 0.0933. The quantitative estimate of drug-likeness (QED) is 0.748. The molecule has 0 saturated heterocycles. The number of carbonyl (C=O) groups excluding carboxylic acids is 1. The highest BCUT2D eigenvalue weighted by atomic mass is 35.5. The number of hydrogen-bond acceptors (Lipinski definition) is 4. The Labute approximate surface area is 154 Å². The Morgan fingerprint density at radius 2 is 2.28 bits per heavy atom. The summed E-state index contributed by atoms with van der Waals surface area (Å²) in [6.07, 6.45) is 3.79. The van der Waals surface area contributed by atoms with Gasteiger partial charge in [0.15, 0.2) is 0 Å². The van der Waals surface area contributed by atoms with E-state index < -0.39 is 0 Å². The first-order chi connectivity index (χ1) is 12.2. The van der Waals surface area contributed by atoms with Crippen LogP contribution in [0.3, 0.4) is 0 Å². The summed E-state index contributed by atoms with van der Waals surface area (Å²) in [4.78, 5) is 16.1. The SMILES string of the molecule is O=C(NC[C@H]1Cc2cc(-c3ccsc3)cc(Cl)c2O1)c1cccnc1. The van der Waals surface area contributed by atoms with E-state index in [9.17, 15) is 4.79 Å². The lowest BCUT2D eigenvalue weighted by Crippen LogP contribution is -2.34. The van der Waals surface area contributed by atoms with Gasteiger partial charge in [0.25, 0.3) is 5.91 Å². The van der Waals surface area contributed by atoms with Gasteiger partial charge in [-0.05, 0) is 52.2 Å². The van der Waals surface area contributed by atoms with Gasteiger partial charge < -0.3 is 10.1 Å². The minimum atomic E-state index is -0.155. The van der Waals surface area contributed by atoms with E-state index in [1.807, 2.05) is 11.4 Å². The smallest absolute Gasteiger partial charge is 0.252 e. The number of nitrogens with one attached hydrogen (secondary N) is 1. The molecule has 3 heterocycles. The number of thiophene rings is 1. The van der Waals surface area contributed by atoms with Crippen LogP contribution in [0.25, 0.3) is 11.1 Å². The molecule has 0 bridgehead atoms. The summed E-state index contributed by atoms with van der Waals surface area (Å²) in [5.41, 5.74) is 3.86. The summed E-state index contributed by atoms with van der Waals surface area (Å²) < 4.78 is 5.94. The van der Waals surface area contributed by atoms with E-state index in [1.54, 1.807) is 35.9 Å². The summed E-state index contributed by atoms with van der Waals surface area (Å²) in [7, 11) is 0. The number of pyridine rings is 1. The molecule has 0 fully saturated rings. The third-order valence-corrected chi connectivity index (χ3v) is 5.09. The first-order valence-electron chi connectivity index (χ1n) is 7.90. The molecule has 1 aliphatic rings. The minimum absolute atomic E-state index is 0.120. The Morgan fingerprint density at radius 3 is 3.04 bits per heavy atom. The van der Waals surface area contributed by atoms with Crippen LogP contribution in [0.2, 0.25) is 5.02 Å². The van der Waals surface area contributed by atoms with Crippen LogP contribution >= 0.6 is 22.9 Å². The molecule has 4 nitrogen and oxygen atoms in total. The number of rotatable bonds is 4. The molecule has 0 aliphatic carbocycles. The number of fused-ring (bicyclic) bond motifs is 1. The maximum absolute atomic E-state index is 12.1. The van der Waals surface area contributed by atoms with E-state index in [-0.39, 0.29) is 12.0 Å². The highest BCUT2D eigenvalue weighted by Gasteiger charge is 2.26. The number of nitrogens with zero attached hydrogens (tertiary/aromatic N) is 1. The Hall–Kier alpha value is -2.37. The Morgan fingerprint density at radius 1 is 1.36 bits per heavy atom. The molecule has 1 aliphatic heterocycles. The van der Waals surface area contributed by atoms with Crippen molar-refractivity contribution in [3.05, 3.63) is 69.6 Å². The zero-order chi connectivity index (χ0) is 17.2. The molecule has 0 saturated carbocycles. The summed E-state index contributed by atoms with van der Waals surface area (Å²) >= 11 is 8.05. The van der Waals surface area contributed by atoms with Gasteiger partial charge in [0.05, 0.1) is 17.1 Å². The van der Waals surface area contributed by atoms with Crippen molar-refractivity contribution in [3.63, 3.8) is 0 Å². The number of amides is 1. The summed E-state index contributed by atoms with van der Waals surface area (Å²) in [6, 6.07) is 9.59. The van der Waals surface area contributed by atoms with Crippen molar-refractivity contribution in [2.75, 3.05) is 6.54 Å². The standard InChI is InChI=1S/C19H15ClN2O2S/c20-17-8-14(13-3-5-25-11-13)6-15-7-16(24-18(15)17)10-22-19(23)12-2-1-4-21-9-12/h1-6,8-9,11,16H,7,10H2,(H,22,23)/t16-/m1/s1. The topological polar surface area (TPSA) is 51.2 Å². The number of aromatic nitrogens is 1. The van der Waals surface area contributed by atoms with E-state index >= 15 is 0 Å². The molecule has 25 heavy (non-hydrogen) atoms. The zero-order valence-corrected chi connectivity index (χ0v) is 14.8. The number of ether oxygens (including phenoxy) is 1. The van der Waals surface area contributed by atoms with Crippen molar-refractivity contribution < 1.29 is 9.53 Å². The first-order valence-corrected chi connectivity index (χ1v) is 9.22. The third kappa shape index (κ3) is 3.38. The van der Waals surface area contributed by atoms with Crippen LogP contribution in [0.5, 0.6) is 5.75 Å². The fourth-order valence-electron chi connectivity index (χ4n) is 2.90. The molecule has 0 radical (unpaired) electrons. The van der Waals surface area contributed by atoms with Gasteiger partial charge in [-0.25, -0.2) is 0 Å². The molecule has 126 valence electrons. The van der Waals surface area contributed by atoms with Crippen LogP contribution in [0, 0.1) is 0 Å². The molecule has 1 amide bonds. The molecule has 0 unspecified atom stereocenters. The lowest BCUT2D eigenvalue weighted by Gasteiger charge is -2.12. The van der Waals surface area contributed by atoms with Crippen LogP contribution in [-0.2, 0) is 6.42 Å². The Kier molecular flexibility index (Phi) is 4.42. The predicted octanol–water partition coefficient (Wildman–Crippen LogP) is 4.20. The van der Waals surface area contributed by atoms with Crippen molar-refractivity contribution in [2.45, 2.75) is 12.5 Å². The van der Waals surface area contributed by atoms with Crippen molar-refractivity contribution in [3.8, 4) is 16.9 Å². The Balaban J connectivity index is 1.44. The van der Waals surface area contributed by atoms with Gasteiger partial charge in [-0.2, -0.15) is 11.3 Å². The van der Waals surface area contributed by atoms with Gasteiger partial charge in [-0.1, -0.05) is 11.6 Å². The fraction of sp³-hybridized carbons (Fsp3) is 0.158. The fourth-order valence-corrected chi connectivity index (χ4v) is 3.85. The normalized spacial score (nSPS) is 15.5. The molecule has 1 N–H and O–H groups in total. The average Bonchev–Trinajstić information content (AvgIpc) is 3.30. The molecule has 1 atom stereocenters. The highest BCUT2D eigenvalue weighted by Crippen LogP contribution is 2.39. The zero-order valence-electron chi connectivity index (χ0n) is 13.2. The van der Waals surface area contributed by atoms with Gasteiger partial charge in [0, 0.05) is 24.4 Å². The van der Waals surface area contributed by atoms with Gasteiger partial charge in [0.2, 0.25) is 0 Å². The second kappa shape index (κ2) is 6.86. The van der Waals surface area contributed by atoms with Crippen LogP contribution in [0.15, 0.2) is 53.5 Å². The van der Waals surface area contributed by atoms with Crippen LogP contribution < -0.4 is 10.1 Å². The molecule has 3 aromatic rings. The predicted molar refractivity (Wildman–Crippen MR) is 99.5 cm³/mol. The first kappa shape index (κ1) is 16.1. The molecule has 1 aromatic carbocycles. The average molecular weight is 371 g/mol. The number of benzene rings is 1. The second-order valence-corrected chi connectivity index (χ2v) is 7.04. The largest absolute Gasteiger partial charge is 0.486 e. The van der Waals surface area contributed by atoms with Gasteiger partial charge in [-0.3, -0.25) is 9.78 Å². The second-order valence-electron chi connectivity index (χ2n) is 5.85. The Bertz CT molecular complexity index is 897. The molecule has 4 rings (SSSR count). The van der Waals surface area contributed by atoms with E-state index in [2.05, 4.69) is 27.8 Å². The van der Waals surface area contributed by atoms with E-state index in [0.717, 1.165) is 28.9 Å². The van der Waals surface area contributed by atoms with Gasteiger partial charge in [-0.15, -0.1) is 0 Å². The maximum Gasteiger partial charge on any atom is 0.252 e. The maximum atomic E-state index is 12.1. The molecule has 2 aromatic heterocycles. The number of hydrogen-bond donors (Lipinski definition) is 1. The molecule has 0 spiro atoms.